The summed E-state index contributed by atoms with van der Waals surface area (Å²) in [4.78, 5) is 20.4. The van der Waals surface area contributed by atoms with Crippen LogP contribution in [-0.4, -0.2) is 52.6 Å². The third-order valence-electron chi connectivity index (χ3n) is 3.25. The molecule has 0 aliphatic carbocycles. The molecule has 1 aromatic heterocycles. The molecule has 2 N–H and O–H groups in total. The smallest absolute Gasteiger partial charge is 0.272 e. The van der Waals surface area contributed by atoms with Crippen LogP contribution in [0, 0.1) is 0 Å². The molecule has 0 atom stereocenters. The van der Waals surface area contributed by atoms with E-state index in [2.05, 4.69) is 15.3 Å². The van der Waals surface area contributed by atoms with Gasteiger partial charge in [0.15, 0.2) is 10.9 Å². The topological polar surface area (TPSA) is 84.3 Å². The number of aromatic nitrogens is 2. The molecule has 0 saturated carbocycles. The van der Waals surface area contributed by atoms with Gasteiger partial charge in [0, 0.05) is 13.2 Å². The SMILES string of the molecule is CSc1ncc(Cl)c(C(=O)NC2(CO)CCOCC2)n1. The van der Waals surface area contributed by atoms with E-state index in [1.165, 1.54) is 18.0 Å². The summed E-state index contributed by atoms with van der Waals surface area (Å²) in [5.41, 5.74) is -0.534. The lowest BCUT2D eigenvalue weighted by Crippen LogP contribution is -2.54. The van der Waals surface area contributed by atoms with Gasteiger partial charge in [-0.05, 0) is 19.1 Å². The van der Waals surface area contributed by atoms with Crippen LogP contribution in [-0.2, 0) is 4.74 Å². The van der Waals surface area contributed by atoms with E-state index >= 15 is 0 Å². The fraction of sp³-hybridized carbons (Fsp3) is 0.583. The Labute approximate surface area is 126 Å². The lowest BCUT2D eigenvalue weighted by atomic mass is 9.91. The predicted molar refractivity (Wildman–Crippen MR) is 76.2 cm³/mol. The molecule has 1 amide bonds. The molecule has 1 fully saturated rings. The van der Waals surface area contributed by atoms with Gasteiger partial charge in [-0.1, -0.05) is 23.4 Å². The van der Waals surface area contributed by atoms with Crippen LogP contribution < -0.4 is 5.32 Å². The fourth-order valence-electron chi connectivity index (χ4n) is 1.99. The Morgan fingerprint density at radius 2 is 2.30 bits per heavy atom. The van der Waals surface area contributed by atoms with E-state index in [9.17, 15) is 9.90 Å². The quantitative estimate of drug-likeness (QED) is 0.639. The van der Waals surface area contributed by atoms with Crippen LogP contribution in [0.5, 0.6) is 0 Å². The highest BCUT2D eigenvalue weighted by Gasteiger charge is 2.34. The van der Waals surface area contributed by atoms with Crippen LogP contribution in [0.1, 0.15) is 23.3 Å². The molecule has 0 spiro atoms. The van der Waals surface area contributed by atoms with Crippen molar-refractivity contribution in [2.45, 2.75) is 23.5 Å². The van der Waals surface area contributed by atoms with Crippen molar-refractivity contribution >= 4 is 29.3 Å². The number of carbonyl (C=O) groups excluding carboxylic acids is 1. The fourth-order valence-corrected chi connectivity index (χ4v) is 2.51. The van der Waals surface area contributed by atoms with Crippen molar-refractivity contribution in [3.8, 4) is 0 Å². The highest BCUT2D eigenvalue weighted by Crippen LogP contribution is 2.22. The Balaban J connectivity index is 2.18. The average Bonchev–Trinajstić information content (AvgIpc) is 2.48. The number of nitrogens with one attached hydrogen (secondary N) is 1. The maximum atomic E-state index is 12.3. The van der Waals surface area contributed by atoms with E-state index in [1.54, 1.807) is 0 Å². The van der Waals surface area contributed by atoms with Crippen molar-refractivity contribution < 1.29 is 14.6 Å². The van der Waals surface area contributed by atoms with Gasteiger partial charge in [-0.15, -0.1) is 0 Å². The number of halogens is 1. The second kappa shape index (κ2) is 6.71. The molecule has 8 heteroatoms. The number of aliphatic hydroxyl groups is 1. The molecule has 2 rings (SSSR count). The minimum atomic E-state index is -0.664. The molecule has 1 aliphatic rings. The van der Waals surface area contributed by atoms with Gasteiger partial charge in [0.2, 0.25) is 0 Å². The van der Waals surface area contributed by atoms with Crippen LogP contribution in [0.3, 0.4) is 0 Å². The lowest BCUT2D eigenvalue weighted by Gasteiger charge is -2.36. The minimum absolute atomic E-state index is 0.130. The molecular formula is C12H16ClN3O3S. The molecule has 20 heavy (non-hydrogen) atoms. The van der Waals surface area contributed by atoms with E-state index in [4.69, 9.17) is 16.3 Å². The van der Waals surface area contributed by atoms with E-state index in [0.717, 1.165) is 0 Å². The third-order valence-corrected chi connectivity index (χ3v) is 4.09. The number of nitrogens with zero attached hydrogens (tertiary/aromatic N) is 2. The van der Waals surface area contributed by atoms with Crippen LogP contribution in [0.4, 0.5) is 0 Å². The Bertz CT molecular complexity index is 495. The summed E-state index contributed by atoms with van der Waals surface area (Å²) in [6.45, 7) is 0.878. The Morgan fingerprint density at radius 1 is 1.60 bits per heavy atom. The molecule has 0 unspecified atom stereocenters. The first kappa shape index (κ1) is 15.5. The van der Waals surface area contributed by atoms with Crippen LogP contribution >= 0.6 is 23.4 Å². The van der Waals surface area contributed by atoms with Gasteiger partial charge >= 0.3 is 0 Å². The lowest BCUT2D eigenvalue weighted by molar-refractivity contribution is 0.0124. The Morgan fingerprint density at radius 3 is 2.90 bits per heavy atom. The predicted octanol–water partition coefficient (Wildman–Crippen LogP) is 1.12. The number of carbonyl (C=O) groups is 1. The maximum absolute atomic E-state index is 12.3. The van der Waals surface area contributed by atoms with Crippen molar-refractivity contribution in [3.05, 3.63) is 16.9 Å². The zero-order chi connectivity index (χ0) is 14.6. The number of aliphatic hydroxyl groups excluding tert-OH is 1. The summed E-state index contributed by atoms with van der Waals surface area (Å²) >= 11 is 7.30. The van der Waals surface area contributed by atoms with Crippen molar-refractivity contribution in [1.29, 1.82) is 0 Å². The van der Waals surface area contributed by atoms with E-state index in [1.807, 2.05) is 6.26 Å². The van der Waals surface area contributed by atoms with Gasteiger partial charge in [-0.3, -0.25) is 4.79 Å². The first-order valence-electron chi connectivity index (χ1n) is 6.18. The second-order valence-corrected chi connectivity index (χ2v) is 5.74. The van der Waals surface area contributed by atoms with Crippen LogP contribution in [0.25, 0.3) is 0 Å². The maximum Gasteiger partial charge on any atom is 0.272 e. The summed E-state index contributed by atoms with van der Waals surface area (Å²) in [6, 6.07) is 0. The van der Waals surface area contributed by atoms with Crippen LogP contribution in [0.2, 0.25) is 5.02 Å². The number of thioether (sulfide) groups is 1. The number of hydrogen-bond donors (Lipinski definition) is 2. The van der Waals surface area contributed by atoms with Gasteiger partial charge in [0.1, 0.15) is 0 Å². The molecule has 0 radical (unpaired) electrons. The van der Waals surface area contributed by atoms with Gasteiger partial charge < -0.3 is 15.2 Å². The average molecular weight is 318 g/mol. The van der Waals surface area contributed by atoms with E-state index in [0.29, 0.717) is 31.2 Å². The molecule has 1 aromatic rings. The van der Waals surface area contributed by atoms with E-state index in [-0.39, 0.29) is 17.3 Å². The van der Waals surface area contributed by atoms with Crippen LogP contribution in [0.15, 0.2) is 11.4 Å². The molecule has 1 aliphatic heterocycles. The number of hydrogen-bond acceptors (Lipinski definition) is 6. The molecule has 2 heterocycles. The van der Waals surface area contributed by atoms with Gasteiger partial charge in [0.25, 0.3) is 5.91 Å². The third kappa shape index (κ3) is 3.41. The first-order valence-corrected chi connectivity index (χ1v) is 7.78. The van der Waals surface area contributed by atoms with Crippen molar-refractivity contribution in [1.82, 2.24) is 15.3 Å². The summed E-state index contributed by atoms with van der Waals surface area (Å²) in [5, 5.41) is 13.1. The number of amides is 1. The highest BCUT2D eigenvalue weighted by atomic mass is 35.5. The summed E-state index contributed by atoms with van der Waals surface area (Å²) < 4.78 is 5.26. The number of ether oxygens (including phenoxy) is 1. The zero-order valence-electron chi connectivity index (χ0n) is 11.1. The van der Waals surface area contributed by atoms with Gasteiger partial charge in [-0.25, -0.2) is 9.97 Å². The molecule has 0 aromatic carbocycles. The van der Waals surface area contributed by atoms with Crippen molar-refractivity contribution in [2.24, 2.45) is 0 Å². The molecule has 110 valence electrons. The summed E-state index contributed by atoms with van der Waals surface area (Å²) in [5.74, 6) is -0.399. The summed E-state index contributed by atoms with van der Waals surface area (Å²) in [6.07, 6.45) is 4.35. The van der Waals surface area contributed by atoms with Crippen molar-refractivity contribution in [3.63, 3.8) is 0 Å². The zero-order valence-corrected chi connectivity index (χ0v) is 12.6. The summed E-state index contributed by atoms with van der Waals surface area (Å²) in [7, 11) is 0. The van der Waals surface area contributed by atoms with E-state index < -0.39 is 11.4 Å². The Hall–Kier alpha value is -0.890. The highest BCUT2D eigenvalue weighted by molar-refractivity contribution is 7.98. The largest absolute Gasteiger partial charge is 0.394 e. The van der Waals surface area contributed by atoms with Crippen molar-refractivity contribution in [2.75, 3.05) is 26.1 Å². The first-order chi connectivity index (χ1) is 9.60. The monoisotopic (exact) mass is 317 g/mol. The molecular weight excluding hydrogens is 302 g/mol. The van der Waals surface area contributed by atoms with Gasteiger partial charge in [0.05, 0.1) is 23.4 Å². The Kier molecular flexibility index (Phi) is 5.20. The molecule has 1 saturated heterocycles. The number of rotatable bonds is 4. The molecule has 6 nitrogen and oxygen atoms in total. The van der Waals surface area contributed by atoms with Gasteiger partial charge in [-0.2, -0.15) is 0 Å². The second-order valence-electron chi connectivity index (χ2n) is 4.56. The normalized spacial score (nSPS) is 17.8. The minimum Gasteiger partial charge on any atom is -0.394 e. The standard InChI is InChI=1S/C12H16ClN3O3S/c1-20-11-14-6-8(13)9(15-11)10(18)16-12(7-17)2-4-19-5-3-12/h6,17H,2-5,7H2,1H3,(H,16,18). The molecule has 0 bridgehead atoms.